The highest BCUT2D eigenvalue weighted by Gasteiger charge is 2.11. The molecule has 0 saturated carbocycles. The number of aryl methyl sites for hydroxylation is 1. The van der Waals surface area contributed by atoms with Gasteiger partial charge in [0.15, 0.2) is 0 Å². The minimum atomic E-state index is 0.326. The molecule has 96 valence electrons. The van der Waals surface area contributed by atoms with Crippen LogP contribution in [0.2, 0.25) is 0 Å². The van der Waals surface area contributed by atoms with Crippen LogP contribution < -0.4 is 5.32 Å². The summed E-state index contributed by atoms with van der Waals surface area (Å²) in [5.41, 5.74) is 2.59. The minimum Gasteiger partial charge on any atom is -0.440 e. The Kier molecular flexibility index (Phi) is 4.84. The number of rotatable bonds is 6. The van der Waals surface area contributed by atoms with Crippen LogP contribution in [0, 0.1) is 6.92 Å². The van der Waals surface area contributed by atoms with Gasteiger partial charge in [0.25, 0.3) is 5.22 Å². The fraction of sp³-hybridized carbons (Fsp3) is 0.357. The molecule has 4 heteroatoms. The summed E-state index contributed by atoms with van der Waals surface area (Å²) in [5.74, 6) is 0.914. The van der Waals surface area contributed by atoms with Crippen LogP contribution >= 0.6 is 11.8 Å². The van der Waals surface area contributed by atoms with Crippen molar-refractivity contribution < 1.29 is 4.42 Å². The van der Waals surface area contributed by atoms with Gasteiger partial charge in [0.2, 0.25) is 0 Å². The summed E-state index contributed by atoms with van der Waals surface area (Å²) in [5, 5.41) is 4.22. The largest absolute Gasteiger partial charge is 0.440 e. The molecule has 0 aliphatic carbocycles. The summed E-state index contributed by atoms with van der Waals surface area (Å²) >= 11 is 1.63. The number of benzene rings is 1. The third-order valence-electron chi connectivity index (χ3n) is 2.71. The Bertz CT molecular complexity index is 453. The Hall–Kier alpha value is -1.26. The molecule has 1 heterocycles. The van der Waals surface area contributed by atoms with Crippen LogP contribution in [-0.4, -0.2) is 17.3 Å². The zero-order valence-electron chi connectivity index (χ0n) is 10.7. The second kappa shape index (κ2) is 6.61. The van der Waals surface area contributed by atoms with Crippen molar-refractivity contribution in [2.45, 2.75) is 25.1 Å². The van der Waals surface area contributed by atoms with Crippen molar-refractivity contribution in [2.75, 3.05) is 12.3 Å². The molecule has 0 fully saturated rings. The average molecular weight is 262 g/mol. The van der Waals surface area contributed by atoms with Crippen LogP contribution in [-0.2, 0) is 0 Å². The summed E-state index contributed by atoms with van der Waals surface area (Å²) in [6, 6.07) is 8.98. The highest BCUT2D eigenvalue weighted by Crippen LogP contribution is 2.23. The number of oxazole rings is 1. The molecule has 1 unspecified atom stereocenters. The molecule has 0 bridgehead atoms. The molecule has 0 spiro atoms. The lowest BCUT2D eigenvalue weighted by Gasteiger charge is -2.17. The van der Waals surface area contributed by atoms with Crippen molar-refractivity contribution >= 4 is 11.8 Å². The van der Waals surface area contributed by atoms with Gasteiger partial charge in [0.05, 0.1) is 6.20 Å². The van der Waals surface area contributed by atoms with E-state index < -0.39 is 0 Å². The van der Waals surface area contributed by atoms with Gasteiger partial charge >= 0.3 is 0 Å². The molecular weight excluding hydrogens is 244 g/mol. The van der Waals surface area contributed by atoms with Gasteiger partial charge in [-0.15, -0.1) is 0 Å². The van der Waals surface area contributed by atoms with E-state index in [9.17, 15) is 0 Å². The molecule has 0 saturated heterocycles. The van der Waals surface area contributed by atoms with E-state index in [1.807, 2.05) is 0 Å². The van der Waals surface area contributed by atoms with Gasteiger partial charge in [-0.25, -0.2) is 4.98 Å². The maximum absolute atomic E-state index is 5.24. The van der Waals surface area contributed by atoms with E-state index in [4.69, 9.17) is 4.42 Å². The van der Waals surface area contributed by atoms with Crippen LogP contribution in [0.5, 0.6) is 0 Å². The van der Waals surface area contributed by atoms with E-state index in [1.54, 1.807) is 24.2 Å². The smallest absolute Gasteiger partial charge is 0.255 e. The summed E-state index contributed by atoms with van der Waals surface area (Å²) in [6.45, 7) is 5.18. The Morgan fingerprint density at radius 3 is 2.72 bits per heavy atom. The van der Waals surface area contributed by atoms with Gasteiger partial charge in [0.1, 0.15) is 6.26 Å². The van der Waals surface area contributed by atoms with Crippen LogP contribution in [0.25, 0.3) is 0 Å². The van der Waals surface area contributed by atoms with Crippen molar-refractivity contribution in [2.24, 2.45) is 0 Å². The molecule has 0 aliphatic heterocycles. The van der Waals surface area contributed by atoms with E-state index >= 15 is 0 Å². The molecule has 0 radical (unpaired) electrons. The fourth-order valence-corrected chi connectivity index (χ4v) is 2.63. The SMILES string of the molecule is CCNC(CSc1ncco1)c1ccc(C)cc1. The lowest BCUT2D eigenvalue weighted by molar-refractivity contribution is 0.453. The second-order valence-electron chi connectivity index (χ2n) is 4.13. The van der Waals surface area contributed by atoms with Crippen LogP contribution in [0.4, 0.5) is 0 Å². The Labute approximate surface area is 112 Å². The lowest BCUT2D eigenvalue weighted by Crippen LogP contribution is -2.22. The summed E-state index contributed by atoms with van der Waals surface area (Å²) in [7, 11) is 0. The Balaban J connectivity index is 2.01. The van der Waals surface area contributed by atoms with Crippen molar-refractivity contribution in [1.82, 2.24) is 10.3 Å². The molecule has 2 rings (SSSR count). The molecule has 0 aliphatic rings. The lowest BCUT2D eigenvalue weighted by atomic mass is 10.1. The average Bonchev–Trinajstić information content (AvgIpc) is 2.89. The van der Waals surface area contributed by atoms with E-state index in [0.29, 0.717) is 6.04 Å². The third-order valence-corrected chi connectivity index (χ3v) is 3.66. The first-order chi connectivity index (χ1) is 8.79. The first-order valence-corrected chi connectivity index (χ1v) is 7.10. The summed E-state index contributed by atoms with van der Waals surface area (Å²) < 4.78 is 5.24. The van der Waals surface area contributed by atoms with Crippen LogP contribution in [0.3, 0.4) is 0 Å². The van der Waals surface area contributed by atoms with Gasteiger partial charge < -0.3 is 9.73 Å². The predicted molar refractivity (Wildman–Crippen MR) is 74.8 cm³/mol. The molecule has 1 aromatic heterocycles. The van der Waals surface area contributed by atoms with Gasteiger partial charge in [0, 0.05) is 11.8 Å². The van der Waals surface area contributed by atoms with E-state index in [0.717, 1.165) is 17.5 Å². The van der Waals surface area contributed by atoms with E-state index in [1.165, 1.54) is 11.1 Å². The van der Waals surface area contributed by atoms with E-state index in [2.05, 4.69) is 48.4 Å². The van der Waals surface area contributed by atoms with Crippen molar-refractivity contribution in [3.8, 4) is 0 Å². The van der Waals surface area contributed by atoms with Gasteiger partial charge in [-0.3, -0.25) is 0 Å². The molecule has 18 heavy (non-hydrogen) atoms. The number of hydrogen-bond donors (Lipinski definition) is 1. The Morgan fingerprint density at radius 2 is 2.11 bits per heavy atom. The summed E-state index contributed by atoms with van der Waals surface area (Å²) in [4.78, 5) is 4.12. The molecule has 3 nitrogen and oxygen atoms in total. The standard InChI is InChI=1S/C14H18N2OS/c1-3-15-13(10-18-14-16-8-9-17-14)12-6-4-11(2)5-7-12/h4-9,13,15H,3,10H2,1-2H3. The number of hydrogen-bond acceptors (Lipinski definition) is 4. The minimum absolute atomic E-state index is 0.326. The number of aromatic nitrogens is 1. The van der Waals surface area contributed by atoms with Crippen LogP contribution in [0.1, 0.15) is 24.1 Å². The van der Waals surface area contributed by atoms with Crippen LogP contribution in [0.15, 0.2) is 46.4 Å². The maximum atomic E-state index is 5.24. The van der Waals surface area contributed by atoms with E-state index in [-0.39, 0.29) is 0 Å². The van der Waals surface area contributed by atoms with Crippen molar-refractivity contribution in [1.29, 1.82) is 0 Å². The monoisotopic (exact) mass is 262 g/mol. The van der Waals surface area contributed by atoms with Crippen molar-refractivity contribution in [3.05, 3.63) is 47.9 Å². The second-order valence-corrected chi connectivity index (χ2v) is 5.10. The van der Waals surface area contributed by atoms with Crippen molar-refractivity contribution in [3.63, 3.8) is 0 Å². The predicted octanol–water partition coefficient (Wildman–Crippen LogP) is 3.43. The van der Waals surface area contributed by atoms with Gasteiger partial charge in [-0.1, -0.05) is 48.5 Å². The summed E-state index contributed by atoms with van der Waals surface area (Å²) in [6.07, 6.45) is 3.28. The quantitative estimate of drug-likeness (QED) is 0.809. The van der Waals surface area contributed by atoms with Gasteiger partial charge in [-0.2, -0.15) is 0 Å². The Morgan fingerprint density at radius 1 is 1.33 bits per heavy atom. The number of nitrogens with one attached hydrogen (secondary N) is 1. The molecule has 2 aromatic rings. The topological polar surface area (TPSA) is 38.1 Å². The van der Waals surface area contributed by atoms with Gasteiger partial charge in [-0.05, 0) is 19.0 Å². The number of nitrogens with zero attached hydrogens (tertiary/aromatic N) is 1. The molecule has 0 amide bonds. The first-order valence-electron chi connectivity index (χ1n) is 6.12. The maximum Gasteiger partial charge on any atom is 0.255 e. The molecule has 1 aromatic carbocycles. The fourth-order valence-electron chi connectivity index (χ4n) is 1.75. The first kappa shape index (κ1) is 13.2. The normalized spacial score (nSPS) is 12.6. The third kappa shape index (κ3) is 3.62. The molecular formula is C14H18N2OS. The molecule has 1 N–H and O–H groups in total. The highest BCUT2D eigenvalue weighted by molar-refractivity contribution is 7.99. The number of thioether (sulfide) groups is 1. The molecule has 1 atom stereocenters. The zero-order chi connectivity index (χ0) is 12.8. The highest BCUT2D eigenvalue weighted by atomic mass is 32.2. The zero-order valence-corrected chi connectivity index (χ0v) is 11.5.